The third-order valence-electron chi connectivity index (χ3n) is 3.60. The molecule has 1 aromatic rings. The molecule has 0 aliphatic heterocycles. The van der Waals surface area contributed by atoms with Crippen molar-refractivity contribution < 1.29 is 9.66 Å². The van der Waals surface area contributed by atoms with Crippen LogP contribution in [0.25, 0.3) is 0 Å². The number of benzene rings is 1. The van der Waals surface area contributed by atoms with Crippen LogP contribution in [0.5, 0.6) is 5.75 Å². The van der Waals surface area contributed by atoms with Gasteiger partial charge in [0, 0.05) is 11.5 Å². The van der Waals surface area contributed by atoms with E-state index in [4.69, 9.17) is 4.74 Å². The average molecular weight is 267 g/mol. The van der Waals surface area contributed by atoms with Crippen molar-refractivity contribution in [1.82, 2.24) is 0 Å². The summed E-state index contributed by atoms with van der Waals surface area (Å²) in [6.07, 6.45) is 3.38. The van der Waals surface area contributed by atoms with E-state index in [1.807, 2.05) is 6.92 Å². The quantitative estimate of drug-likeness (QED) is 0.505. The zero-order chi connectivity index (χ0) is 13.2. The highest BCUT2D eigenvalue weighted by atomic mass is 32.1. The Hall–Kier alpha value is -1.23. The second-order valence-electron chi connectivity index (χ2n) is 5.03. The van der Waals surface area contributed by atoms with E-state index in [9.17, 15) is 10.1 Å². The fourth-order valence-electron chi connectivity index (χ4n) is 2.14. The van der Waals surface area contributed by atoms with Crippen LogP contribution < -0.4 is 4.74 Å². The van der Waals surface area contributed by atoms with Gasteiger partial charge in [0.05, 0.1) is 11.5 Å². The number of ether oxygens (including phenoxy) is 1. The van der Waals surface area contributed by atoms with Gasteiger partial charge in [-0.1, -0.05) is 12.5 Å². The minimum absolute atomic E-state index is 0.0363. The molecule has 4 nitrogen and oxygen atoms in total. The van der Waals surface area contributed by atoms with Gasteiger partial charge in [0.2, 0.25) is 0 Å². The van der Waals surface area contributed by atoms with Crippen molar-refractivity contribution in [2.45, 2.75) is 26.2 Å². The van der Waals surface area contributed by atoms with Crippen molar-refractivity contribution in [3.8, 4) is 5.75 Å². The number of aryl methyl sites for hydroxylation is 1. The lowest BCUT2D eigenvalue weighted by atomic mass is 9.71. The summed E-state index contributed by atoms with van der Waals surface area (Å²) in [4.78, 5) is 10.5. The first-order valence-corrected chi connectivity index (χ1v) is 6.68. The van der Waals surface area contributed by atoms with Gasteiger partial charge < -0.3 is 4.74 Å². The van der Waals surface area contributed by atoms with E-state index < -0.39 is 4.92 Å². The highest BCUT2D eigenvalue weighted by Gasteiger charge is 2.37. The summed E-state index contributed by atoms with van der Waals surface area (Å²) >= 11 is 4.35. The molecule has 1 aliphatic carbocycles. The zero-order valence-electron chi connectivity index (χ0n) is 10.4. The lowest BCUT2D eigenvalue weighted by Gasteiger charge is -2.40. The number of hydrogen-bond donors (Lipinski definition) is 1. The number of thiol groups is 1. The number of rotatable bonds is 5. The normalized spacial score (nSPS) is 17.0. The van der Waals surface area contributed by atoms with Crippen LogP contribution in [-0.4, -0.2) is 17.3 Å². The molecule has 0 unspecified atom stereocenters. The summed E-state index contributed by atoms with van der Waals surface area (Å²) in [5.74, 6) is 1.14. The van der Waals surface area contributed by atoms with E-state index in [2.05, 4.69) is 12.6 Å². The van der Waals surface area contributed by atoms with E-state index in [1.165, 1.54) is 12.5 Å². The van der Waals surface area contributed by atoms with Crippen LogP contribution in [0, 0.1) is 22.5 Å². The maximum atomic E-state index is 10.9. The summed E-state index contributed by atoms with van der Waals surface area (Å²) < 4.78 is 5.69. The van der Waals surface area contributed by atoms with Gasteiger partial charge in [-0.15, -0.1) is 0 Å². The fraction of sp³-hybridized carbons (Fsp3) is 0.538. The van der Waals surface area contributed by atoms with Crippen molar-refractivity contribution in [2.24, 2.45) is 5.41 Å². The Bertz CT molecular complexity index is 452. The Morgan fingerprint density at radius 2 is 2.22 bits per heavy atom. The lowest BCUT2D eigenvalue weighted by Crippen LogP contribution is -2.37. The Morgan fingerprint density at radius 1 is 1.50 bits per heavy atom. The van der Waals surface area contributed by atoms with Crippen LogP contribution >= 0.6 is 12.6 Å². The number of hydrogen-bond acceptors (Lipinski definition) is 4. The maximum absolute atomic E-state index is 10.9. The fourth-order valence-corrected chi connectivity index (χ4v) is 2.55. The Kier molecular flexibility index (Phi) is 3.80. The van der Waals surface area contributed by atoms with E-state index in [-0.39, 0.29) is 11.1 Å². The second kappa shape index (κ2) is 5.18. The summed E-state index contributed by atoms with van der Waals surface area (Å²) in [6.45, 7) is 2.41. The standard InChI is InChI=1S/C13H17NO3S/c1-10-3-4-11(14(15)16)12(7-10)17-8-13(9-18)5-2-6-13/h3-4,7,18H,2,5-6,8-9H2,1H3. The van der Waals surface area contributed by atoms with Gasteiger partial charge in [-0.3, -0.25) is 10.1 Å². The topological polar surface area (TPSA) is 52.4 Å². The number of nitrogens with zero attached hydrogens (tertiary/aromatic N) is 1. The van der Waals surface area contributed by atoms with Crippen molar-refractivity contribution in [1.29, 1.82) is 0 Å². The SMILES string of the molecule is Cc1ccc([N+](=O)[O-])c(OCC2(CS)CCC2)c1. The maximum Gasteiger partial charge on any atom is 0.310 e. The Balaban J connectivity index is 2.12. The van der Waals surface area contributed by atoms with Crippen LogP contribution in [0.15, 0.2) is 18.2 Å². The third kappa shape index (κ3) is 2.61. The minimum atomic E-state index is -0.400. The average Bonchev–Trinajstić information content (AvgIpc) is 2.28. The molecule has 1 fully saturated rings. The largest absolute Gasteiger partial charge is 0.486 e. The molecule has 0 N–H and O–H groups in total. The molecule has 0 spiro atoms. The first-order valence-electron chi connectivity index (χ1n) is 6.05. The van der Waals surface area contributed by atoms with Crippen LogP contribution in [0.3, 0.4) is 0 Å². The smallest absolute Gasteiger partial charge is 0.310 e. The summed E-state index contributed by atoms with van der Waals surface area (Å²) in [7, 11) is 0. The summed E-state index contributed by atoms with van der Waals surface area (Å²) in [5, 5.41) is 10.9. The van der Waals surface area contributed by atoms with Crippen LogP contribution in [0.1, 0.15) is 24.8 Å². The second-order valence-corrected chi connectivity index (χ2v) is 5.34. The summed E-state index contributed by atoms with van der Waals surface area (Å²) in [5.41, 5.74) is 1.11. The molecule has 5 heteroatoms. The van der Waals surface area contributed by atoms with Gasteiger partial charge in [0.15, 0.2) is 5.75 Å². The molecule has 1 saturated carbocycles. The van der Waals surface area contributed by atoms with Gasteiger partial charge in [-0.25, -0.2) is 0 Å². The molecule has 0 atom stereocenters. The molecule has 1 aromatic carbocycles. The van der Waals surface area contributed by atoms with Gasteiger partial charge in [0.1, 0.15) is 0 Å². The van der Waals surface area contributed by atoms with Gasteiger partial charge >= 0.3 is 5.69 Å². The molecule has 0 amide bonds. The number of nitro benzene ring substituents is 1. The van der Waals surface area contributed by atoms with Gasteiger partial charge in [-0.2, -0.15) is 12.6 Å². The minimum Gasteiger partial charge on any atom is -0.486 e. The van der Waals surface area contributed by atoms with E-state index >= 15 is 0 Å². The van der Waals surface area contributed by atoms with Gasteiger partial charge in [-0.05, 0) is 37.1 Å². The highest BCUT2D eigenvalue weighted by Crippen LogP contribution is 2.42. The predicted molar refractivity (Wildman–Crippen MR) is 73.5 cm³/mol. The van der Waals surface area contributed by atoms with Crippen molar-refractivity contribution in [2.75, 3.05) is 12.4 Å². The molecule has 0 aromatic heterocycles. The molecule has 0 heterocycles. The van der Waals surface area contributed by atoms with Crippen molar-refractivity contribution >= 4 is 18.3 Å². The van der Waals surface area contributed by atoms with E-state index in [1.54, 1.807) is 12.1 Å². The zero-order valence-corrected chi connectivity index (χ0v) is 11.3. The van der Waals surface area contributed by atoms with E-state index in [0.29, 0.717) is 12.4 Å². The molecular weight excluding hydrogens is 250 g/mol. The molecule has 1 aliphatic rings. The van der Waals surface area contributed by atoms with Crippen LogP contribution in [-0.2, 0) is 0 Å². The summed E-state index contributed by atoms with van der Waals surface area (Å²) in [6, 6.07) is 4.95. The molecule has 98 valence electrons. The molecular formula is C13H17NO3S. The van der Waals surface area contributed by atoms with Gasteiger partial charge in [0.25, 0.3) is 0 Å². The molecule has 0 bridgehead atoms. The molecule has 0 radical (unpaired) electrons. The van der Waals surface area contributed by atoms with Crippen LogP contribution in [0.4, 0.5) is 5.69 Å². The Labute approximate surface area is 112 Å². The first-order chi connectivity index (χ1) is 8.56. The molecule has 2 rings (SSSR count). The van der Waals surface area contributed by atoms with Crippen molar-refractivity contribution in [3.63, 3.8) is 0 Å². The predicted octanol–water partition coefficient (Wildman–Crippen LogP) is 3.38. The molecule has 0 saturated heterocycles. The monoisotopic (exact) mass is 267 g/mol. The Morgan fingerprint density at radius 3 is 2.72 bits per heavy atom. The van der Waals surface area contributed by atoms with E-state index in [0.717, 1.165) is 24.2 Å². The van der Waals surface area contributed by atoms with Crippen LogP contribution in [0.2, 0.25) is 0 Å². The third-order valence-corrected chi connectivity index (χ3v) is 4.27. The first kappa shape index (κ1) is 13.2. The number of nitro groups is 1. The lowest BCUT2D eigenvalue weighted by molar-refractivity contribution is -0.386. The molecule has 18 heavy (non-hydrogen) atoms. The van der Waals surface area contributed by atoms with Crippen molar-refractivity contribution in [3.05, 3.63) is 33.9 Å². The highest BCUT2D eigenvalue weighted by molar-refractivity contribution is 7.80.